The molecule has 174 valence electrons. The molecule has 0 radical (unpaired) electrons. The zero-order valence-electron chi connectivity index (χ0n) is 18.6. The molecule has 3 rings (SSSR count). The molecule has 3 aromatic carbocycles. The smallest absolute Gasteiger partial charge is 0.329 e. The van der Waals surface area contributed by atoms with E-state index in [0.717, 1.165) is 11.1 Å². The van der Waals surface area contributed by atoms with Crippen LogP contribution in [0.5, 0.6) is 5.75 Å². The van der Waals surface area contributed by atoms with Crippen molar-refractivity contribution in [3.05, 3.63) is 88.4 Å². The van der Waals surface area contributed by atoms with E-state index in [-0.39, 0.29) is 12.5 Å². The van der Waals surface area contributed by atoms with E-state index in [4.69, 9.17) is 16.3 Å². The average molecular weight is 479 g/mol. The van der Waals surface area contributed by atoms with Gasteiger partial charge in [-0.25, -0.2) is 5.43 Å². The number of nitrogens with zero attached hydrogens (tertiary/aromatic N) is 1. The molecule has 3 amide bonds. The number of hydrazone groups is 1. The summed E-state index contributed by atoms with van der Waals surface area (Å²) >= 11 is 5.96. The maximum Gasteiger partial charge on any atom is 0.329 e. The van der Waals surface area contributed by atoms with Crippen molar-refractivity contribution in [3.8, 4) is 5.75 Å². The fraction of sp³-hybridized carbons (Fsp3) is 0.120. The number of aryl methyl sites for hydroxylation is 2. The molecule has 8 nitrogen and oxygen atoms in total. The molecule has 0 heterocycles. The third kappa shape index (κ3) is 7.46. The second-order valence-electron chi connectivity index (χ2n) is 7.42. The van der Waals surface area contributed by atoms with Gasteiger partial charge in [0, 0.05) is 5.69 Å². The minimum atomic E-state index is -0.952. The summed E-state index contributed by atoms with van der Waals surface area (Å²) in [6, 6.07) is 19.1. The lowest BCUT2D eigenvalue weighted by Gasteiger charge is -2.09. The fourth-order valence-electron chi connectivity index (χ4n) is 3.04. The Bertz CT molecular complexity index is 1220. The summed E-state index contributed by atoms with van der Waals surface area (Å²) < 4.78 is 5.55. The predicted molar refractivity (Wildman–Crippen MR) is 132 cm³/mol. The van der Waals surface area contributed by atoms with E-state index in [9.17, 15) is 14.4 Å². The first-order chi connectivity index (χ1) is 16.3. The molecule has 0 aliphatic rings. The number of rotatable bonds is 7. The molecule has 0 aliphatic heterocycles. The summed E-state index contributed by atoms with van der Waals surface area (Å²) in [5, 5.41) is 9.30. The van der Waals surface area contributed by atoms with Gasteiger partial charge in [-0.1, -0.05) is 41.9 Å². The minimum Gasteiger partial charge on any atom is -0.484 e. The highest BCUT2D eigenvalue weighted by atomic mass is 35.5. The summed E-state index contributed by atoms with van der Waals surface area (Å²) in [5.41, 5.74) is 5.88. The molecule has 0 saturated carbocycles. The van der Waals surface area contributed by atoms with Gasteiger partial charge in [-0.05, 0) is 66.9 Å². The molecule has 0 atom stereocenters. The van der Waals surface area contributed by atoms with Crippen LogP contribution >= 0.6 is 11.6 Å². The first kappa shape index (κ1) is 24.5. The number of amides is 3. The van der Waals surface area contributed by atoms with E-state index in [1.807, 2.05) is 32.0 Å². The number of hydrogen-bond donors (Lipinski definition) is 3. The molecule has 34 heavy (non-hydrogen) atoms. The van der Waals surface area contributed by atoms with Gasteiger partial charge in [0.1, 0.15) is 5.75 Å². The zero-order valence-corrected chi connectivity index (χ0v) is 19.3. The summed E-state index contributed by atoms with van der Waals surface area (Å²) in [4.78, 5) is 36.1. The Balaban J connectivity index is 1.49. The monoisotopic (exact) mass is 478 g/mol. The van der Waals surface area contributed by atoms with Gasteiger partial charge >= 0.3 is 11.8 Å². The minimum absolute atomic E-state index is 0.174. The van der Waals surface area contributed by atoms with Crippen molar-refractivity contribution in [1.29, 1.82) is 0 Å². The number of hydrogen-bond acceptors (Lipinski definition) is 5. The Labute approximate surface area is 202 Å². The number of nitrogens with one attached hydrogen (secondary N) is 3. The maximum atomic E-state index is 12.2. The van der Waals surface area contributed by atoms with Crippen LogP contribution in [0.1, 0.15) is 16.7 Å². The van der Waals surface area contributed by atoms with Gasteiger partial charge in [0.2, 0.25) is 0 Å². The van der Waals surface area contributed by atoms with Crippen molar-refractivity contribution < 1.29 is 19.1 Å². The number of carbonyl (C=O) groups excluding carboxylic acids is 3. The quantitative estimate of drug-likeness (QED) is 0.270. The number of halogens is 1. The van der Waals surface area contributed by atoms with Crippen LogP contribution in [0.2, 0.25) is 5.02 Å². The zero-order chi connectivity index (χ0) is 24.5. The van der Waals surface area contributed by atoms with E-state index in [0.29, 0.717) is 27.7 Å². The number of carbonyl (C=O) groups is 3. The van der Waals surface area contributed by atoms with Gasteiger partial charge < -0.3 is 15.4 Å². The third-order valence-electron chi connectivity index (χ3n) is 4.44. The van der Waals surface area contributed by atoms with E-state index in [1.165, 1.54) is 6.21 Å². The third-order valence-corrected chi connectivity index (χ3v) is 4.77. The lowest BCUT2D eigenvalue weighted by molar-refractivity contribution is -0.136. The lowest BCUT2D eigenvalue weighted by Crippen LogP contribution is -2.32. The van der Waals surface area contributed by atoms with Crippen LogP contribution in [0.15, 0.2) is 71.8 Å². The van der Waals surface area contributed by atoms with Gasteiger partial charge in [-0.2, -0.15) is 5.10 Å². The molecule has 3 N–H and O–H groups in total. The van der Waals surface area contributed by atoms with Crippen LogP contribution < -0.4 is 20.8 Å². The lowest BCUT2D eigenvalue weighted by atomic mass is 10.1. The van der Waals surface area contributed by atoms with Crippen molar-refractivity contribution in [2.75, 3.05) is 17.2 Å². The summed E-state index contributed by atoms with van der Waals surface area (Å²) in [6.07, 6.45) is 1.35. The molecular weight excluding hydrogens is 456 g/mol. The molecule has 0 bridgehead atoms. The molecule has 0 aromatic heterocycles. The fourth-order valence-corrected chi connectivity index (χ4v) is 3.22. The molecular formula is C25H23ClN4O4. The van der Waals surface area contributed by atoms with E-state index < -0.39 is 11.8 Å². The molecule has 0 spiro atoms. The first-order valence-electron chi connectivity index (χ1n) is 10.3. The number of para-hydroxylation sites is 1. The Morgan fingerprint density at radius 2 is 1.65 bits per heavy atom. The van der Waals surface area contributed by atoms with Crippen LogP contribution in [0.4, 0.5) is 11.4 Å². The van der Waals surface area contributed by atoms with Gasteiger partial charge in [0.05, 0.1) is 16.9 Å². The van der Waals surface area contributed by atoms with E-state index in [2.05, 4.69) is 21.2 Å². The highest BCUT2D eigenvalue weighted by Gasteiger charge is 2.14. The topological polar surface area (TPSA) is 109 Å². The van der Waals surface area contributed by atoms with Crippen molar-refractivity contribution in [2.45, 2.75) is 13.8 Å². The Morgan fingerprint density at radius 3 is 2.38 bits per heavy atom. The summed E-state index contributed by atoms with van der Waals surface area (Å²) in [6.45, 7) is 3.74. The van der Waals surface area contributed by atoms with E-state index >= 15 is 0 Å². The first-order valence-corrected chi connectivity index (χ1v) is 10.7. The van der Waals surface area contributed by atoms with Crippen LogP contribution in [-0.4, -0.2) is 30.5 Å². The highest BCUT2D eigenvalue weighted by Crippen LogP contribution is 2.20. The second-order valence-corrected chi connectivity index (χ2v) is 7.83. The van der Waals surface area contributed by atoms with Crippen LogP contribution in [-0.2, 0) is 14.4 Å². The Hall–Kier alpha value is -4.17. The van der Waals surface area contributed by atoms with E-state index in [1.54, 1.807) is 48.5 Å². The molecule has 0 unspecified atom stereocenters. The molecule has 0 saturated heterocycles. The molecule has 9 heteroatoms. The summed E-state index contributed by atoms with van der Waals surface area (Å²) in [7, 11) is 0. The largest absolute Gasteiger partial charge is 0.484 e. The second kappa shape index (κ2) is 11.6. The van der Waals surface area contributed by atoms with Crippen molar-refractivity contribution in [3.63, 3.8) is 0 Å². The van der Waals surface area contributed by atoms with Gasteiger partial charge in [-0.3, -0.25) is 14.4 Å². The average Bonchev–Trinajstić information content (AvgIpc) is 2.79. The number of anilines is 2. The predicted octanol–water partition coefficient (Wildman–Crippen LogP) is 4.06. The highest BCUT2D eigenvalue weighted by molar-refractivity contribution is 6.41. The van der Waals surface area contributed by atoms with Crippen LogP contribution in [0, 0.1) is 13.8 Å². The summed E-state index contributed by atoms with van der Waals surface area (Å²) in [5.74, 6) is -1.70. The van der Waals surface area contributed by atoms with Crippen LogP contribution in [0.3, 0.4) is 0 Å². The normalized spacial score (nSPS) is 10.6. The molecule has 0 aliphatic carbocycles. The Morgan fingerprint density at radius 1 is 0.912 bits per heavy atom. The number of ether oxygens (including phenoxy) is 1. The van der Waals surface area contributed by atoms with Crippen molar-refractivity contribution in [2.24, 2.45) is 5.10 Å². The number of benzene rings is 3. The van der Waals surface area contributed by atoms with Crippen LogP contribution in [0.25, 0.3) is 0 Å². The van der Waals surface area contributed by atoms with Crippen molar-refractivity contribution >= 4 is 46.9 Å². The van der Waals surface area contributed by atoms with Crippen molar-refractivity contribution in [1.82, 2.24) is 5.43 Å². The SMILES string of the molecule is Cc1cc(C)cc(NC(=O)COc2cccc(/C=N\NC(=O)C(=O)Nc3ccccc3Cl)c2)c1. The maximum absolute atomic E-state index is 12.2. The molecule has 3 aromatic rings. The molecule has 0 fully saturated rings. The van der Waals surface area contributed by atoms with Gasteiger partial charge in [0.25, 0.3) is 5.91 Å². The Kier molecular flexibility index (Phi) is 8.37. The van der Waals surface area contributed by atoms with Gasteiger partial charge in [0.15, 0.2) is 6.61 Å². The standard InChI is InChI=1S/C25H23ClN4O4/c1-16-10-17(2)12-19(11-16)28-23(31)15-34-20-7-5-6-18(13-20)14-27-30-25(33)24(32)29-22-9-4-3-8-21(22)26/h3-14H,15H2,1-2H3,(H,28,31)(H,29,32)(H,30,33)/b27-14-. The van der Waals surface area contributed by atoms with Gasteiger partial charge in [-0.15, -0.1) is 0 Å².